The second-order valence-corrected chi connectivity index (χ2v) is 2.95. The molecule has 0 aliphatic heterocycles. The third-order valence-corrected chi connectivity index (χ3v) is 1.90. The van der Waals surface area contributed by atoms with Gasteiger partial charge in [0.1, 0.15) is 11.3 Å². The molecule has 4 N–H and O–H groups in total. The summed E-state index contributed by atoms with van der Waals surface area (Å²) in [4.78, 5) is 25.4. The Labute approximate surface area is 83.9 Å². The molecule has 2 rings (SSSR count). The van der Waals surface area contributed by atoms with Crippen molar-refractivity contribution in [2.45, 2.75) is 0 Å². The summed E-state index contributed by atoms with van der Waals surface area (Å²) in [6.07, 6.45) is 1.39. The summed E-state index contributed by atoms with van der Waals surface area (Å²) in [6.45, 7) is 0. The Morgan fingerprint density at radius 3 is 2.53 bits per heavy atom. The van der Waals surface area contributed by atoms with Crippen molar-refractivity contribution in [1.29, 1.82) is 0 Å². The molecule has 15 heavy (non-hydrogen) atoms. The first kappa shape index (κ1) is 9.20. The summed E-state index contributed by atoms with van der Waals surface area (Å²) in [5.41, 5.74) is 10.5. The fraction of sp³-hybridized carbons (Fsp3) is 0. The highest BCUT2D eigenvalue weighted by Gasteiger charge is 2.11. The lowest BCUT2D eigenvalue weighted by molar-refractivity contribution is 0.0974. The van der Waals surface area contributed by atoms with E-state index < -0.39 is 11.8 Å². The van der Waals surface area contributed by atoms with Gasteiger partial charge >= 0.3 is 0 Å². The molecule has 2 heterocycles. The number of nitrogens with zero attached hydrogens (tertiary/aromatic N) is 1. The van der Waals surface area contributed by atoms with Crippen molar-refractivity contribution in [2.24, 2.45) is 11.5 Å². The number of fused-ring (bicyclic) bond motifs is 1. The topological polar surface area (TPSA) is 112 Å². The van der Waals surface area contributed by atoms with Crippen molar-refractivity contribution in [2.75, 3.05) is 0 Å². The van der Waals surface area contributed by atoms with Gasteiger partial charge in [-0.3, -0.25) is 14.6 Å². The Bertz CT molecular complexity index is 547. The van der Waals surface area contributed by atoms with E-state index in [1.54, 1.807) is 0 Å². The van der Waals surface area contributed by atoms with E-state index in [2.05, 4.69) is 4.98 Å². The monoisotopic (exact) mass is 205 g/mol. The molecule has 0 aliphatic rings. The molecule has 2 aromatic heterocycles. The Kier molecular flexibility index (Phi) is 1.89. The zero-order valence-corrected chi connectivity index (χ0v) is 7.56. The highest BCUT2D eigenvalue weighted by atomic mass is 16.3. The van der Waals surface area contributed by atoms with E-state index >= 15 is 0 Å². The van der Waals surface area contributed by atoms with Crippen molar-refractivity contribution in [1.82, 2.24) is 4.98 Å². The van der Waals surface area contributed by atoms with Gasteiger partial charge in [-0.1, -0.05) is 0 Å². The summed E-state index contributed by atoms with van der Waals surface area (Å²) in [6, 6.07) is 2.82. The molecule has 0 radical (unpaired) electrons. The lowest BCUT2D eigenvalue weighted by atomic mass is 10.2. The number of nitrogens with two attached hydrogens (primary N) is 2. The van der Waals surface area contributed by atoms with Gasteiger partial charge in [0.25, 0.3) is 11.8 Å². The summed E-state index contributed by atoms with van der Waals surface area (Å²) in [7, 11) is 0. The molecule has 76 valence electrons. The van der Waals surface area contributed by atoms with E-state index in [0.29, 0.717) is 11.0 Å². The Morgan fingerprint density at radius 1 is 1.20 bits per heavy atom. The largest absolute Gasteiger partial charge is 0.451 e. The van der Waals surface area contributed by atoms with Crippen LogP contribution in [0.25, 0.3) is 11.0 Å². The van der Waals surface area contributed by atoms with Crippen LogP contribution in [-0.4, -0.2) is 16.8 Å². The van der Waals surface area contributed by atoms with Crippen LogP contribution in [0.5, 0.6) is 0 Å². The number of hydrogen-bond acceptors (Lipinski definition) is 4. The molecule has 0 fully saturated rings. The molecule has 2 amide bonds. The maximum absolute atomic E-state index is 10.8. The van der Waals surface area contributed by atoms with E-state index in [-0.39, 0.29) is 11.5 Å². The Balaban J connectivity index is 2.62. The quantitative estimate of drug-likeness (QED) is 0.719. The van der Waals surface area contributed by atoms with Gasteiger partial charge in [0.15, 0.2) is 5.76 Å². The number of primary amides is 2. The van der Waals surface area contributed by atoms with Crippen molar-refractivity contribution >= 4 is 22.8 Å². The van der Waals surface area contributed by atoms with Crippen molar-refractivity contribution in [3.8, 4) is 0 Å². The van der Waals surface area contributed by atoms with Crippen LogP contribution in [0.1, 0.15) is 21.0 Å². The van der Waals surface area contributed by atoms with Gasteiger partial charge < -0.3 is 15.9 Å². The third kappa shape index (κ3) is 1.52. The van der Waals surface area contributed by atoms with Crippen LogP contribution in [0.2, 0.25) is 0 Å². The standard InChI is InChI=1S/C9H7N3O3/c10-8(13)5-2-6-4(3-12-5)1-7(15-6)9(11)14/h1-3H,(H2,10,13)(H2,11,14). The molecule has 0 atom stereocenters. The SMILES string of the molecule is NC(=O)c1cc2oc(C(N)=O)cc2cn1. The minimum Gasteiger partial charge on any atom is -0.451 e. The Hall–Kier alpha value is -2.37. The minimum atomic E-state index is -0.674. The second-order valence-electron chi connectivity index (χ2n) is 2.95. The highest BCUT2D eigenvalue weighted by Crippen LogP contribution is 2.18. The molecule has 2 aromatic rings. The first-order valence-electron chi connectivity index (χ1n) is 4.07. The molecule has 0 spiro atoms. The average Bonchev–Trinajstić information content (AvgIpc) is 2.59. The average molecular weight is 205 g/mol. The molecule has 6 nitrogen and oxygen atoms in total. The first-order chi connectivity index (χ1) is 7.08. The molecular formula is C9H7N3O3. The van der Waals surface area contributed by atoms with Crippen LogP contribution in [0, 0.1) is 0 Å². The van der Waals surface area contributed by atoms with Crippen molar-refractivity contribution < 1.29 is 14.0 Å². The van der Waals surface area contributed by atoms with Gasteiger partial charge in [-0.25, -0.2) is 0 Å². The smallest absolute Gasteiger partial charge is 0.284 e. The van der Waals surface area contributed by atoms with Crippen LogP contribution < -0.4 is 11.5 Å². The minimum absolute atomic E-state index is 0.0217. The maximum Gasteiger partial charge on any atom is 0.284 e. The molecule has 0 saturated heterocycles. The van der Waals surface area contributed by atoms with Crippen LogP contribution in [0.3, 0.4) is 0 Å². The summed E-state index contributed by atoms with van der Waals surface area (Å²) in [5.74, 6) is -1.31. The Morgan fingerprint density at radius 2 is 1.93 bits per heavy atom. The lowest BCUT2D eigenvalue weighted by Gasteiger charge is -1.92. The van der Waals surface area contributed by atoms with Gasteiger partial charge in [0, 0.05) is 17.6 Å². The van der Waals surface area contributed by atoms with Crippen LogP contribution >= 0.6 is 0 Å². The second kappa shape index (κ2) is 3.09. The first-order valence-corrected chi connectivity index (χ1v) is 4.07. The van der Waals surface area contributed by atoms with Gasteiger partial charge in [-0.05, 0) is 6.07 Å². The van der Waals surface area contributed by atoms with E-state index in [1.165, 1.54) is 18.3 Å². The van der Waals surface area contributed by atoms with Crippen molar-refractivity contribution in [3.05, 3.63) is 29.8 Å². The van der Waals surface area contributed by atoms with Gasteiger partial charge in [0.2, 0.25) is 0 Å². The molecule has 0 bridgehead atoms. The number of rotatable bonds is 2. The van der Waals surface area contributed by atoms with E-state index in [0.717, 1.165) is 0 Å². The fourth-order valence-electron chi connectivity index (χ4n) is 1.19. The fourth-order valence-corrected chi connectivity index (χ4v) is 1.19. The van der Waals surface area contributed by atoms with Gasteiger partial charge in [0.05, 0.1) is 0 Å². The predicted octanol–water partition coefficient (Wildman–Crippen LogP) is 0.0256. The lowest BCUT2D eigenvalue weighted by Crippen LogP contribution is -2.12. The molecule has 6 heteroatoms. The number of amides is 2. The van der Waals surface area contributed by atoms with Crippen LogP contribution in [0.4, 0.5) is 0 Å². The number of pyridine rings is 1. The summed E-state index contributed by atoms with van der Waals surface area (Å²) >= 11 is 0. The van der Waals surface area contributed by atoms with Crippen molar-refractivity contribution in [3.63, 3.8) is 0 Å². The molecule has 0 saturated carbocycles. The predicted molar refractivity (Wildman–Crippen MR) is 51.0 cm³/mol. The normalized spacial score (nSPS) is 10.4. The van der Waals surface area contributed by atoms with Crippen LogP contribution in [0.15, 0.2) is 22.7 Å². The zero-order chi connectivity index (χ0) is 11.0. The number of aromatic nitrogens is 1. The molecular weight excluding hydrogens is 198 g/mol. The van der Waals surface area contributed by atoms with E-state index in [1.807, 2.05) is 0 Å². The third-order valence-electron chi connectivity index (χ3n) is 1.90. The van der Waals surface area contributed by atoms with E-state index in [4.69, 9.17) is 15.9 Å². The van der Waals surface area contributed by atoms with E-state index in [9.17, 15) is 9.59 Å². The number of carbonyl (C=O) groups excluding carboxylic acids is 2. The molecule has 0 aromatic carbocycles. The highest BCUT2D eigenvalue weighted by molar-refractivity contribution is 5.97. The summed E-state index contributed by atoms with van der Waals surface area (Å²) < 4.78 is 5.10. The molecule has 0 aliphatic carbocycles. The van der Waals surface area contributed by atoms with Gasteiger partial charge in [-0.2, -0.15) is 0 Å². The number of hydrogen-bond donors (Lipinski definition) is 2. The van der Waals surface area contributed by atoms with Crippen LogP contribution in [-0.2, 0) is 0 Å². The summed E-state index contributed by atoms with van der Waals surface area (Å²) in [5, 5.41) is 0.591. The number of carbonyl (C=O) groups is 2. The van der Waals surface area contributed by atoms with Gasteiger partial charge in [-0.15, -0.1) is 0 Å². The zero-order valence-electron chi connectivity index (χ0n) is 7.56. The number of furan rings is 1. The molecule has 0 unspecified atom stereocenters. The maximum atomic E-state index is 10.8.